The maximum absolute atomic E-state index is 12.5. The fraction of sp³-hybridized carbons (Fsp3) is 0.192. The number of para-hydroxylation sites is 1. The van der Waals surface area contributed by atoms with Crippen LogP contribution in [0.25, 0.3) is 10.8 Å². The van der Waals surface area contributed by atoms with Gasteiger partial charge in [-0.05, 0) is 41.8 Å². The Morgan fingerprint density at radius 1 is 0.970 bits per heavy atom. The van der Waals surface area contributed by atoms with Crippen molar-refractivity contribution in [3.63, 3.8) is 0 Å². The van der Waals surface area contributed by atoms with Crippen molar-refractivity contribution in [3.8, 4) is 0 Å². The van der Waals surface area contributed by atoms with Gasteiger partial charge in [0.1, 0.15) is 0 Å². The third-order valence-corrected chi connectivity index (χ3v) is 5.84. The van der Waals surface area contributed by atoms with E-state index in [0.717, 1.165) is 34.9 Å². The number of ether oxygens (including phenoxy) is 1. The molecule has 0 atom stereocenters. The summed E-state index contributed by atoms with van der Waals surface area (Å²) in [5.41, 5.74) is 1.86. The number of fused-ring (bicyclic) bond motifs is 1. The van der Waals surface area contributed by atoms with Gasteiger partial charge in [0.25, 0.3) is 0 Å². The summed E-state index contributed by atoms with van der Waals surface area (Å²) in [6, 6.07) is 23.0. The molecule has 3 aromatic rings. The summed E-state index contributed by atoms with van der Waals surface area (Å²) < 4.78 is 5.49. The zero-order valence-electron chi connectivity index (χ0n) is 18.0. The first-order valence-corrected chi connectivity index (χ1v) is 11.0. The van der Waals surface area contributed by atoms with Gasteiger partial charge in [-0.3, -0.25) is 0 Å². The molecular weight excluding hydrogens is 416 g/mol. The standard InChI is InChI=1S/C26H24N4O3/c31-25-23(29-24(33-25)22-12-6-8-18-7-4-5-11-21(18)22)17-30-15-13-20(14-16-30)28-26(32)27-19-9-2-1-3-10-19/h1-12,17,20H,13-16H2,(H2,27,28,32). The van der Waals surface area contributed by atoms with Crippen LogP contribution in [-0.4, -0.2) is 41.9 Å². The number of cyclic esters (lactones) is 1. The largest absolute Gasteiger partial charge is 0.402 e. The SMILES string of the molecule is O=C(Nc1ccccc1)NC1CCN(C=C2N=C(c3cccc4ccccc34)OC2=O)CC1. The number of nitrogens with one attached hydrogen (secondary N) is 2. The van der Waals surface area contributed by atoms with Crippen LogP contribution in [0.1, 0.15) is 18.4 Å². The lowest BCUT2D eigenvalue weighted by Gasteiger charge is -2.31. The summed E-state index contributed by atoms with van der Waals surface area (Å²) in [6.45, 7) is 1.43. The number of amides is 2. The molecule has 2 aliphatic rings. The van der Waals surface area contributed by atoms with Crippen LogP contribution in [0.4, 0.5) is 10.5 Å². The van der Waals surface area contributed by atoms with Gasteiger partial charge in [-0.15, -0.1) is 0 Å². The number of esters is 1. The first kappa shape index (κ1) is 20.8. The Morgan fingerprint density at radius 2 is 1.70 bits per heavy atom. The molecule has 166 valence electrons. The van der Waals surface area contributed by atoms with Crippen LogP contribution in [0.2, 0.25) is 0 Å². The van der Waals surface area contributed by atoms with Crippen LogP contribution in [0.3, 0.4) is 0 Å². The molecule has 2 N–H and O–H groups in total. The van der Waals surface area contributed by atoms with Crippen LogP contribution in [-0.2, 0) is 9.53 Å². The summed E-state index contributed by atoms with van der Waals surface area (Å²) in [5, 5.41) is 7.92. The third kappa shape index (κ3) is 4.72. The number of carbonyl (C=O) groups excluding carboxylic acids is 2. The number of hydrogen-bond donors (Lipinski definition) is 2. The Morgan fingerprint density at radius 3 is 2.52 bits per heavy atom. The average molecular weight is 441 g/mol. The average Bonchev–Trinajstić information content (AvgIpc) is 3.20. The fourth-order valence-corrected chi connectivity index (χ4v) is 4.15. The molecule has 7 nitrogen and oxygen atoms in total. The molecule has 0 aliphatic carbocycles. The van der Waals surface area contributed by atoms with E-state index in [9.17, 15) is 9.59 Å². The molecule has 2 heterocycles. The lowest BCUT2D eigenvalue weighted by atomic mass is 10.0. The molecule has 0 unspecified atom stereocenters. The minimum atomic E-state index is -0.444. The molecular formula is C26H24N4O3. The van der Waals surface area contributed by atoms with E-state index in [4.69, 9.17) is 4.74 Å². The Kier molecular flexibility index (Phi) is 5.76. The Hall–Kier alpha value is -4.13. The summed E-state index contributed by atoms with van der Waals surface area (Å²) in [6.07, 6.45) is 3.32. The number of likely N-dealkylation sites (tertiary alicyclic amines) is 1. The van der Waals surface area contributed by atoms with E-state index in [-0.39, 0.29) is 12.1 Å². The number of piperidine rings is 1. The smallest absolute Gasteiger partial charge is 0.365 e. The maximum Gasteiger partial charge on any atom is 0.365 e. The van der Waals surface area contributed by atoms with E-state index in [1.807, 2.05) is 72.8 Å². The van der Waals surface area contributed by atoms with Gasteiger partial charge in [0.15, 0.2) is 5.70 Å². The lowest BCUT2D eigenvalue weighted by Crippen LogP contribution is -2.44. The highest BCUT2D eigenvalue weighted by Crippen LogP contribution is 2.24. The van der Waals surface area contributed by atoms with Crippen LogP contribution >= 0.6 is 0 Å². The van der Waals surface area contributed by atoms with Crippen LogP contribution < -0.4 is 10.6 Å². The maximum atomic E-state index is 12.5. The zero-order chi connectivity index (χ0) is 22.6. The van der Waals surface area contributed by atoms with Gasteiger partial charge in [0.2, 0.25) is 5.90 Å². The van der Waals surface area contributed by atoms with Crippen molar-refractivity contribution < 1.29 is 14.3 Å². The molecule has 0 radical (unpaired) electrons. The normalized spacial score (nSPS) is 17.7. The number of rotatable bonds is 4. The third-order valence-electron chi connectivity index (χ3n) is 5.84. The molecule has 0 bridgehead atoms. The summed E-state index contributed by atoms with van der Waals surface area (Å²) in [7, 11) is 0. The minimum absolute atomic E-state index is 0.0774. The van der Waals surface area contributed by atoms with Crippen molar-refractivity contribution in [2.24, 2.45) is 4.99 Å². The van der Waals surface area contributed by atoms with Gasteiger partial charge in [0, 0.05) is 36.6 Å². The minimum Gasteiger partial charge on any atom is -0.402 e. The Labute approximate surface area is 191 Å². The van der Waals surface area contributed by atoms with Crippen molar-refractivity contribution in [2.45, 2.75) is 18.9 Å². The summed E-state index contributed by atoms with van der Waals surface area (Å²) in [5.74, 6) is -0.113. The number of hydrogen-bond acceptors (Lipinski definition) is 5. The van der Waals surface area contributed by atoms with Crippen LogP contribution in [0, 0.1) is 0 Å². The Balaban J connectivity index is 1.21. The second kappa shape index (κ2) is 9.16. The molecule has 2 amide bonds. The number of carbonyl (C=O) groups is 2. The number of anilines is 1. The highest BCUT2D eigenvalue weighted by Gasteiger charge is 2.27. The molecule has 0 saturated carbocycles. The summed E-state index contributed by atoms with van der Waals surface area (Å²) >= 11 is 0. The van der Waals surface area contributed by atoms with Gasteiger partial charge in [0.05, 0.1) is 0 Å². The first-order chi connectivity index (χ1) is 16.2. The lowest BCUT2D eigenvalue weighted by molar-refractivity contribution is -0.130. The van der Waals surface area contributed by atoms with Crippen LogP contribution in [0.15, 0.2) is 89.7 Å². The second-order valence-corrected chi connectivity index (χ2v) is 8.12. The zero-order valence-corrected chi connectivity index (χ0v) is 18.0. The molecule has 3 aromatic carbocycles. The van der Waals surface area contributed by atoms with Gasteiger partial charge in [-0.25, -0.2) is 14.6 Å². The molecule has 33 heavy (non-hydrogen) atoms. The van der Waals surface area contributed by atoms with Crippen molar-refractivity contribution in [3.05, 3.63) is 90.3 Å². The molecule has 0 spiro atoms. The monoisotopic (exact) mass is 440 g/mol. The highest BCUT2D eigenvalue weighted by molar-refractivity contribution is 6.16. The first-order valence-electron chi connectivity index (χ1n) is 11.0. The second-order valence-electron chi connectivity index (χ2n) is 8.12. The van der Waals surface area contributed by atoms with Crippen molar-refractivity contribution >= 4 is 34.4 Å². The topological polar surface area (TPSA) is 83.0 Å². The molecule has 2 aliphatic heterocycles. The van der Waals surface area contributed by atoms with Crippen molar-refractivity contribution in [1.82, 2.24) is 10.2 Å². The quantitative estimate of drug-likeness (QED) is 0.469. The van der Waals surface area contributed by atoms with Gasteiger partial charge >= 0.3 is 12.0 Å². The number of aliphatic imine (C=N–C) groups is 1. The van der Waals surface area contributed by atoms with E-state index in [2.05, 4.69) is 20.5 Å². The Bertz CT molecular complexity index is 1240. The van der Waals surface area contributed by atoms with Crippen LogP contribution in [0.5, 0.6) is 0 Å². The predicted molar refractivity (Wildman–Crippen MR) is 128 cm³/mol. The number of urea groups is 1. The van der Waals surface area contributed by atoms with E-state index in [1.165, 1.54) is 0 Å². The van der Waals surface area contributed by atoms with Gasteiger partial charge in [-0.1, -0.05) is 54.6 Å². The fourth-order valence-electron chi connectivity index (χ4n) is 4.15. The van der Waals surface area contributed by atoms with Gasteiger partial charge in [-0.2, -0.15) is 0 Å². The van der Waals surface area contributed by atoms with E-state index in [0.29, 0.717) is 24.7 Å². The number of benzene rings is 3. The van der Waals surface area contributed by atoms with Gasteiger partial charge < -0.3 is 20.3 Å². The van der Waals surface area contributed by atoms with E-state index >= 15 is 0 Å². The summed E-state index contributed by atoms with van der Waals surface area (Å²) in [4.78, 5) is 31.2. The number of nitrogens with zero attached hydrogens (tertiary/aromatic N) is 2. The molecule has 5 rings (SSSR count). The highest BCUT2D eigenvalue weighted by atomic mass is 16.6. The predicted octanol–water partition coefficient (Wildman–Crippen LogP) is 4.27. The van der Waals surface area contributed by atoms with Crippen molar-refractivity contribution in [1.29, 1.82) is 0 Å². The molecule has 7 heteroatoms. The molecule has 0 aromatic heterocycles. The molecule has 1 fully saturated rings. The van der Waals surface area contributed by atoms with Crippen molar-refractivity contribution in [2.75, 3.05) is 18.4 Å². The van der Waals surface area contributed by atoms with E-state index < -0.39 is 5.97 Å². The molecule has 1 saturated heterocycles. The van der Waals surface area contributed by atoms with E-state index in [1.54, 1.807) is 6.20 Å².